The molecule has 1 aromatic carbocycles. The van der Waals surface area contributed by atoms with Gasteiger partial charge in [0.25, 0.3) is 0 Å². The standard InChI is InChI=1S/C27H40N2O3/c1-3-4-17-32-25(30)27(11-8-12-27)20-29-15-13-26(14-16-29,21-31-2)19-28-24-18-23(24)22-9-6-5-7-10-22/h5-7,9-10,19,23-24H,3-4,8,11-18,20-21H2,1-2H3/b28-19+/t23?,24-/m1/s1. The first kappa shape index (κ1) is 23.4. The van der Waals surface area contributed by atoms with Gasteiger partial charge in [-0.1, -0.05) is 50.1 Å². The number of rotatable bonds is 11. The number of hydrogen-bond donors (Lipinski definition) is 0. The fourth-order valence-electron chi connectivity index (χ4n) is 5.33. The van der Waals surface area contributed by atoms with Gasteiger partial charge in [-0.05, 0) is 57.2 Å². The fourth-order valence-corrected chi connectivity index (χ4v) is 5.33. The van der Waals surface area contributed by atoms with Crippen molar-refractivity contribution in [3.63, 3.8) is 0 Å². The lowest BCUT2D eigenvalue weighted by Crippen LogP contribution is -2.52. The largest absolute Gasteiger partial charge is 0.465 e. The van der Waals surface area contributed by atoms with Crippen LogP contribution in [0, 0.1) is 10.8 Å². The maximum absolute atomic E-state index is 12.8. The van der Waals surface area contributed by atoms with E-state index < -0.39 is 0 Å². The van der Waals surface area contributed by atoms with E-state index in [0.29, 0.717) is 18.6 Å². The Morgan fingerprint density at radius 1 is 1.19 bits per heavy atom. The summed E-state index contributed by atoms with van der Waals surface area (Å²) in [7, 11) is 1.79. The summed E-state index contributed by atoms with van der Waals surface area (Å²) in [5.41, 5.74) is 1.16. The molecule has 3 fully saturated rings. The molecule has 1 aromatic rings. The number of methoxy groups -OCH3 is 1. The number of piperidine rings is 1. The molecule has 2 aliphatic carbocycles. The highest BCUT2D eigenvalue weighted by molar-refractivity contribution is 5.78. The van der Waals surface area contributed by atoms with Gasteiger partial charge in [-0.25, -0.2) is 0 Å². The lowest BCUT2D eigenvalue weighted by Gasteiger charge is -2.46. The molecular formula is C27H40N2O3. The number of carbonyl (C=O) groups excluding carboxylic acids is 1. The fraction of sp³-hybridized carbons (Fsp3) is 0.704. The average molecular weight is 441 g/mol. The number of carbonyl (C=O) groups is 1. The van der Waals surface area contributed by atoms with Gasteiger partial charge in [0.1, 0.15) is 0 Å². The van der Waals surface area contributed by atoms with E-state index in [9.17, 15) is 4.79 Å². The molecule has 2 atom stereocenters. The van der Waals surface area contributed by atoms with Gasteiger partial charge in [0, 0.05) is 31.2 Å². The third-order valence-electron chi connectivity index (χ3n) is 7.81. The number of esters is 1. The Kier molecular flexibility index (Phi) is 7.67. The Balaban J connectivity index is 1.30. The minimum atomic E-state index is -0.264. The van der Waals surface area contributed by atoms with Gasteiger partial charge in [-0.2, -0.15) is 0 Å². The van der Waals surface area contributed by atoms with Crippen LogP contribution in [0.2, 0.25) is 0 Å². The van der Waals surface area contributed by atoms with Gasteiger partial charge < -0.3 is 14.4 Å². The van der Waals surface area contributed by atoms with Crippen molar-refractivity contribution in [3.8, 4) is 0 Å². The molecule has 2 saturated carbocycles. The van der Waals surface area contributed by atoms with Gasteiger partial charge >= 0.3 is 5.97 Å². The van der Waals surface area contributed by atoms with Crippen LogP contribution in [0.1, 0.15) is 69.8 Å². The van der Waals surface area contributed by atoms with Gasteiger partial charge in [-0.3, -0.25) is 9.79 Å². The molecule has 5 heteroatoms. The number of nitrogens with zero attached hydrogens (tertiary/aromatic N) is 2. The Hall–Kier alpha value is -1.72. The Bertz CT molecular complexity index is 766. The number of hydrogen-bond acceptors (Lipinski definition) is 5. The summed E-state index contributed by atoms with van der Waals surface area (Å²) < 4.78 is 11.2. The van der Waals surface area contributed by atoms with Crippen LogP contribution in [0.25, 0.3) is 0 Å². The average Bonchev–Trinajstić information content (AvgIpc) is 3.57. The van der Waals surface area contributed by atoms with Gasteiger partial charge in [-0.15, -0.1) is 0 Å². The molecule has 0 amide bonds. The van der Waals surface area contributed by atoms with Crippen LogP contribution in [-0.2, 0) is 14.3 Å². The lowest BCUT2D eigenvalue weighted by molar-refractivity contribution is -0.164. The smallest absolute Gasteiger partial charge is 0.313 e. The van der Waals surface area contributed by atoms with Crippen LogP contribution in [0.5, 0.6) is 0 Å². The van der Waals surface area contributed by atoms with Crippen molar-refractivity contribution in [2.75, 3.05) is 40.0 Å². The van der Waals surface area contributed by atoms with E-state index in [0.717, 1.165) is 77.6 Å². The zero-order valence-electron chi connectivity index (χ0n) is 19.9. The van der Waals surface area contributed by atoms with Crippen LogP contribution >= 0.6 is 0 Å². The molecule has 4 rings (SSSR count). The van der Waals surface area contributed by atoms with Crippen molar-refractivity contribution >= 4 is 12.2 Å². The van der Waals surface area contributed by atoms with E-state index in [1.54, 1.807) is 7.11 Å². The molecular weight excluding hydrogens is 400 g/mol. The maximum atomic E-state index is 12.8. The molecule has 1 aliphatic heterocycles. The van der Waals surface area contributed by atoms with E-state index in [1.165, 1.54) is 5.56 Å². The molecule has 1 saturated heterocycles. The third-order valence-corrected chi connectivity index (χ3v) is 7.81. The Labute approximate surface area is 193 Å². The predicted molar refractivity (Wildman–Crippen MR) is 128 cm³/mol. The summed E-state index contributed by atoms with van der Waals surface area (Å²) in [5.74, 6) is 0.609. The third kappa shape index (κ3) is 5.43. The molecule has 176 valence electrons. The summed E-state index contributed by atoms with van der Waals surface area (Å²) in [5, 5.41) is 0. The first-order chi connectivity index (χ1) is 15.6. The molecule has 1 heterocycles. The zero-order valence-corrected chi connectivity index (χ0v) is 19.9. The molecule has 3 aliphatic rings. The number of likely N-dealkylation sites (tertiary alicyclic amines) is 1. The molecule has 0 bridgehead atoms. The highest BCUT2D eigenvalue weighted by Crippen LogP contribution is 2.45. The minimum absolute atomic E-state index is 0.0174. The van der Waals surface area contributed by atoms with Crippen molar-refractivity contribution < 1.29 is 14.3 Å². The normalized spacial score (nSPS) is 26.6. The van der Waals surface area contributed by atoms with Crippen LogP contribution in [0.15, 0.2) is 35.3 Å². The first-order valence-corrected chi connectivity index (χ1v) is 12.6. The van der Waals surface area contributed by atoms with E-state index >= 15 is 0 Å². The van der Waals surface area contributed by atoms with Crippen molar-refractivity contribution in [2.24, 2.45) is 15.8 Å². The van der Waals surface area contributed by atoms with Gasteiger partial charge in [0.15, 0.2) is 0 Å². The van der Waals surface area contributed by atoms with Crippen molar-refractivity contribution in [1.82, 2.24) is 4.90 Å². The molecule has 0 N–H and O–H groups in total. The monoisotopic (exact) mass is 440 g/mol. The summed E-state index contributed by atoms with van der Waals surface area (Å²) in [6.07, 6.45) is 10.5. The summed E-state index contributed by atoms with van der Waals surface area (Å²) in [6.45, 7) is 6.24. The van der Waals surface area contributed by atoms with Crippen LogP contribution < -0.4 is 0 Å². The van der Waals surface area contributed by atoms with Gasteiger partial charge in [0.05, 0.1) is 24.7 Å². The number of ether oxygens (including phenoxy) is 2. The predicted octanol–water partition coefficient (Wildman–Crippen LogP) is 4.86. The maximum Gasteiger partial charge on any atom is 0.313 e. The quantitative estimate of drug-likeness (QED) is 0.280. The summed E-state index contributed by atoms with van der Waals surface area (Å²) in [4.78, 5) is 20.3. The second-order valence-electron chi connectivity index (χ2n) is 10.3. The first-order valence-electron chi connectivity index (χ1n) is 12.6. The van der Waals surface area contributed by atoms with Crippen LogP contribution in [0.4, 0.5) is 0 Å². The minimum Gasteiger partial charge on any atom is -0.465 e. The van der Waals surface area contributed by atoms with Gasteiger partial charge in [0.2, 0.25) is 0 Å². The molecule has 0 aromatic heterocycles. The lowest BCUT2D eigenvalue weighted by atomic mass is 9.68. The van der Waals surface area contributed by atoms with E-state index in [-0.39, 0.29) is 16.8 Å². The highest BCUT2D eigenvalue weighted by atomic mass is 16.5. The van der Waals surface area contributed by atoms with Crippen LogP contribution in [-0.4, -0.2) is 63.1 Å². The van der Waals surface area contributed by atoms with Crippen molar-refractivity contribution in [2.45, 2.75) is 70.3 Å². The molecule has 0 spiro atoms. The number of aliphatic imine (C=N–C) groups is 1. The SMILES string of the molecule is CCCCOC(=O)C1(CN2CCC(/C=N/[C@@H]3CC3c3ccccc3)(COC)CC2)CCC1. The van der Waals surface area contributed by atoms with Crippen LogP contribution in [0.3, 0.4) is 0 Å². The second-order valence-corrected chi connectivity index (χ2v) is 10.3. The number of unbranched alkanes of at least 4 members (excludes halogenated alkanes) is 1. The topological polar surface area (TPSA) is 51.1 Å². The van der Waals surface area contributed by atoms with E-state index in [4.69, 9.17) is 14.5 Å². The highest BCUT2D eigenvalue weighted by Gasteiger charge is 2.48. The summed E-state index contributed by atoms with van der Waals surface area (Å²) >= 11 is 0. The molecule has 0 radical (unpaired) electrons. The molecule has 32 heavy (non-hydrogen) atoms. The second kappa shape index (κ2) is 10.5. The molecule has 1 unspecified atom stereocenters. The van der Waals surface area contributed by atoms with E-state index in [1.807, 2.05) is 0 Å². The van der Waals surface area contributed by atoms with Crippen molar-refractivity contribution in [1.29, 1.82) is 0 Å². The molecule has 5 nitrogen and oxygen atoms in total. The van der Waals surface area contributed by atoms with Crippen molar-refractivity contribution in [3.05, 3.63) is 35.9 Å². The van der Waals surface area contributed by atoms with E-state index in [2.05, 4.69) is 48.4 Å². The Morgan fingerprint density at radius 3 is 2.56 bits per heavy atom. The number of benzene rings is 1. The summed E-state index contributed by atoms with van der Waals surface area (Å²) in [6, 6.07) is 11.2. The Morgan fingerprint density at radius 2 is 1.94 bits per heavy atom. The zero-order chi connectivity index (χ0) is 22.4.